The van der Waals surface area contributed by atoms with Gasteiger partial charge in [-0.25, -0.2) is 13.6 Å². The highest BCUT2D eigenvalue weighted by Gasteiger charge is 2.21. The Morgan fingerprint density at radius 1 is 0.882 bits per heavy atom. The average molecular weight is 464 g/mol. The molecule has 0 aliphatic carbocycles. The van der Waals surface area contributed by atoms with Crippen LogP contribution in [0.4, 0.5) is 25.0 Å². The molecule has 4 nitrogen and oxygen atoms in total. The molecule has 3 aromatic rings. The van der Waals surface area contributed by atoms with E-state index in [4.69, 9.17) is 0 Å². The van der Waals surface area contributed by atoms with E-state index in [1.165, 1.54) is 29.8 Å². The summed E-state index contributed by atoms with van der Waals surface area (Å²) in [6.45, 7) is 3.60. The van der Waals surface area contributed by atoms with Gasteiger partial charge in [0, 0.05) is 17.9 Å². The summed E-state index contributed by atoms with van der Waals surface area (Å²) in [5.41, 5.74) is 2.60. The van der Waals surface area contributed by atoms with E-state index in [0.717, 1.165) is 51.0 Å². The number of urea groups is 1. The van der Waals surface area contributed by atoms with Gasteiger partial charge in [0.15, 0.2) is 0 Å². The molecule has 1 N–H and O–H groups in total. The van der Waals surface area contributed by atoms with Crippen molar-refractivity contribution in [1.82, 2.24) is 4.90 Å². The Balaban J connectivity index is 1.27. The fourth-order valence-electron chi connectivity index (χ4n) is 4.50. The predicted molar refractivity (Wildman–Crippen MR) is 133 cm³/mol. The quantitative estimate of drug-likeness (QED) is 0.423. The molecule has 1 fully saturated rings. The van der Waals surface area contributed by atoms with E-state index in [0.29, 0.717) is 18.2 Å². The highest BCUT2D eigenvalue weighted by molar-refractivity contribution is 6.01. The summed E-state index contributed by atoms with van der Waals surface area (Å²) in [6.07, 6.45) is 4.11. The number of nitrogens with zero attached hydrogens (tertiary/aromatic N) is 2. The monoisotopic (exact) mass is 463 g/mol. The maximum atomic E-state index is 13.2. The molecule has 0 radical (unpaired) electrons. The molecular weight excluding hydrogens is 432 g/mol. The Morgan fingerprint density at radius 2 is 1.50 bits per heavy atom. The van der Waals surface area contributed by atoms with Crippen molar-refractivity contribution in [3.63, 3.8) is 0 Å². The van der Waals surface area contributed by atoms with Crippen molar-refractivity contribution >= 4 is 17.4 Å². The molecule has 1 heterocycles. The van der Waals surface area contributed by atoms with E-state index >= 15 is 0 Å². The normalized spacial score (nSPS) is 14.6. The highest BCUT2D eigenvalue weighted by Crippen LogP contribution is 2.23. The predicted octanol–water partition coefficient (Wildman–Crippen LogP) is 6.35. The van der Waals surface area contributed by atoms with E-state index in [2.05, 4.69) is 10.2 Å². The number of hydrogen-bond donors (Lipinski definition) is 1. The molecule has 0 unspecified atom stereocenters. The average Bonchev–Trinajstić information content (AvgIpc) is 2.86. The number of nitrogens with one attached hydrogen (secondary N) is 1. The van der Waals surface area contributed by atoms with Crippen LogP contribution in [0.25, 0.3) is 0 Å². The van der Waals surface area contributed by atoms with Gasteiger partial charge in [-0.15, -0.1) is 0 Å². The Kier molecular flexibility index (Phi) is 8.26. The topological polar surface area (TPSA) is 35.6 Å². The second-order valence-electron chi connectivity index (χ2n) is 8.89. The number of anilines is 2. The van der Waals surface area contributed by atoms with Crippen LogP contribution in [0.3, 0.4) is 0 Å². The van der Waals surface area contributed by atoms with Crippen LogP contribution in [0, 0.1) is 17.6 Å². The number of halogens is 2. The second-order valence-corrected chi connectivity index (χ2v) is 8.89. The molecule has 0 saturated carbocycles. The van der Waals surface area contributed by atoms with Gasteiger partial charge in [0.1, 0.15) is 11.6 Å². The first-order chi connectivity index (χ1) is 16.6. The van der Waals surface area contributed by atoms with E-state index in [1.807, 2.05) is 42.5 Å². The van der Waals surface area contributed by atoms with E-state index in [9.17, 15) is 13.6 Å². The Hall–Kier alpha value is -3.25. The molecule has 0 bridgehead atoms. The van der Waals surface area contributed by atoms with Crippen molar-refractivity contribution in [1.29, 1.82) is 0 Å². The SMILES string of the molecule is O=C(Nc1ccc(F)cc1)N(CCCN1CCC(Cc2ccc(F)cc2)CC1)c1ccccc1. The van der Waals surface area contributed by atoms with Crippen LogP contribution in [0.15, 0.2) is 78.9 Å². The fraction of sp³-hybridized carbons (Fsp3) is 0.321. The molecule has 1 aliphatic heterocycles. The lowest BCUT2D eigenvalue weighted by atomic mass is 9.90. The number of amides is 2. The summed E-state index contributed by atoms with van der Waals surface area (Å²) in [6, 6.07) is 22.0. The summed E-state index contributed by atoms with van der Waals surface area (Å²) in [4.78, 5) is 17.2. The lowest BCUT2D eigenvalue weighted by molar-refractivity contribution is 0.183. The number of likely N-dealkylation sites (tertiary alicyclic amines) is 1. The summed E-state index contributed by atoms with van der Waals surface area (Å²) in [7, 11) is 0. The van der Waals surface area contributed by atoms with Crippen LogP contribution in [0.2, 0.25) is 0 Å². The van der Waals surface area contributed by atoms with Crippen molar-refractivity contribution < 1.29 is 13.6 Å². The number of hydrogen-bond acceptors (Lipinski definition) is 2. The number of benzene rings is 3. The smallest absolute Gasteiger partial charge is 0.308 e. The molecule has 0 atom stereocenters. The number of rotatable bonds is 8. The van der Waals surface area contributed by atoms with E-state index in [-0.39, 0.29) is 17.7 Å². The number of para-hydroxylation sites is 1. The first-order valence-electron chi connectivity index (χ1n) is 11.9. The fourth-order valence-corrected chi connectivity index (χ4v) is 4.50. The Morgan fingerprint density at radius 3 is 2.15 bits per heavy atom. The van der Waals surface area contributed by atoms with Gasteiger partial charge in [-0.3, -0.25) is 4.90 Å². The largest absolute Gasteiger partial charge is 0.326 e. The number of piperidine rings is 1. The van der Waals surface area contributed by atoms with Crippen molar-refractivity contribution in [3.8, 4) is 0 Å². The first kappa shape index (κ1) is 23.9. The molecule has 6 heteroatoms. The second kappa shape index (κ2) is 11.7. The minimum Gasteiger partial charge on any atom is -0.308 e. The van der Waals surface area contributed by atoms with Crippen molar-refractivity contribution in [2.75, 3.05) is 36.4 Å². The molecule has 178 valence electrons. The standard InChI is InChI=1S/C28H31F2N3O/c29-24-9-7-22(8-10-24)21-23-15-19-32(20-16-23)17-4-18-33(27-5-2-1-3-6-27)28(34)31-26-13-11-25(30)12-14-26/h1-3,5-14,23H,4,15-21H2,(H,31,34). The maximum absolute atomic E-state index is 13.2. The molecule has 1 aliphatic rings. The van der Waals surface area contributed by atoms with Crippen LogP contribution in [0.1, 0.15) is 24.8 Å². The summed E-state index contributed by atoms with van der Waals surface area (Å²) in [5, 5.41) is 2.87. The van der Waals surface area contributed by atoms with Gasteiger partial charge in [-0.05, 0) is 105 Å². The molecule has 3 aromatic carbocycles. The number of carbonyl (C=O) groups is 1. The van der Waals surface area contributed by atoms with Gasteiger partial charge in [0.05, 0.1) is 0 Å². The molecule has 0 spiro atoms. The lowest BCUT2D eigenvalue weighted by Gasteiger charge is -2.32. The third kappa shape index (κ3) is 6.87. The molecular formula is C28H31F2N3O. The van der Waals surface area contributed by atoms with Crippen LogP contribution < -0.4 is 10.2 Å². The third-order valence-electron chi connectivity index (χ3n) is 6.41. The van der Waals surface area contributed by atoms with E-state index < -0.39 is 0 Å². The highest BCUT2D eigenvalue weighted by atomic mass is 19.1. The molecule has 0 aromatic heterocycles. The van der Waals surface area contributed by atoms with Crippen LogP contribution >= 0.6 is 0 Å². The zero-order valence-corrected chi connectivity index (χ0v) is 19.3. The van der Waals surface area contributed by atoms with Crippen molar-refractivity contribution in [3.05, 3.63) is 96.1 Å². The van der Waals surface area contributed by atoms with Crippen LogP contribution in [0.5, 0.6) is 0 Å². The van der Waals surface area contributed by atoms with Crippen LogP contribution in [-0.4, -0.2) is 37.1 Å². The maximum Gasteiger partial charge on any atom is 0.326 e. The molecule has 4 rings (SSSR count). The summed E-state index contributed by atoms with van der Waals surface area (Å²) >= 11 is 0. The molecule has 2 amide bonds. The Labute approximate surface area is 200 Å². The van der Waals surface area contributed by atoms with Gasteiger partial charge < -0.3 is 10.2 Å². The minimum atomic E-state index is -0.334. The van der Waals surface area contributed by atoms with Gasteiger partial charge in [0.25, 0.3) is 0 Å². The Bertz CT molecular complexity index is 1030. The van der Waals surface area contributed by atoms with Gasteiger partial charge in [0.2, 0.25) is 0 Å². The first-order valence-corrected chi connectivity index (χ1v) is 11.9. The number of carbonyl (C=O) groups excluding carboxylic acids is 1. The zero-order valence-electron chi connectivity index (χ0n) is 19.3. The molecule has 1 saturated heterocycles. The molecule has 34 heavy (non-hydrogen) atoms. The third-order valence-corrected chi connectivity index (χ3v) is 6.41. The summed E-state index contributed by atoms with van der Waals surface area (Å²) in [5.74, 6) is 0.109. The van der Waals surface area contributed by atoms with Crippen molar-refractivity contribution in [2.24, 2.45) is 5.92 Å². The van der Waals surface area contributed by atoms with E-state index in [1.54, 1.807) is 17.0 Å². The van der Waals surface area contributed by atoms with Gasteiger partial charge in [-0.1, -0.05) is 30.3 Å². The lowest BCUT2D eigenvalue weighted by Crippen LogP contribution is -2.39. The van der Waals surface area contributed by atoms with Gasteiger partial charge in [-0.2, -0.15) is 0 Å². The zero-order chi connectivity index (χ0) is 23.8. The van der Waals surface area contributed by atoms with Crippen molar-refractivity contribution in [2.45, 2.75) is 25.7 Å². The van der Waals surface area contributed by atoms with Crippen LogP contribution in [-0.2, 0) is 6.42 Å². The summed E-state index contributed by atoms with van der Waals surface area (Å²) < 4.78 is 26.3. The minimum absolute atomic E-state index is 0.186. The van der Waals surface area contributed by atoms with Gasteiger partial charge >= 0.3 is 6.03 Å².